The number of carboxylic acids is 2. The number of ether oxygens (including phenoxy) is 1. The normalized spacial score (nSPS) is 36.5. The molecule has 2 N–H and O–H groups in total. The van der Waals surface area contributed by atoms with E-state index in [9.17, 15) is 9.59 Å². The number of hydrogen-bond donors (Lipinski definition) is 2. The zero-order chi connectivity index (χ0) is 9.59. The van der Waals surface area contributed by atoms with Crippen LogP contribution in [0, 0.1) is 11.8 Å². The number of rotatable bonds is 2. The molecule has 0 aromatic heterocycles. The Kier molecular flexibility index (Phi) is 7.94. The first-order chi connectivity index (χ1) is 6.11. The molecule has 2 aliphatic rings. The number of hydrogen-bond acceptors (Lipinski definition) is 3. The molecular formula is C8H12K2O5. The predicted octanol–water partition coefficient (Wildman–Crippen LogP) is -1.35. The van der Waals surface area contributed by atoms with Crippen LogP contribution in [-0.4, -0.2) is 137 Å². The van der Waals surface area contributed by atoms with Crippen molar-refractivity contribution in [2.24, 2.45) is 11.8 Å². The molecule has 4 atom stereocenters. The average molecular weight is 266 g/mol. The Morgan fingerprint density at radius 3 is 1.53 bits per heavy atom. The summed E-state index contributed by atoms with van der Waals surface area (Å²) in [4.78, 5) is 21.5. The van der Waals surface area contributed by atoms with Crippen LogP contribution < -0.4 is 0 Å². The molecule has 0 aromatic carbocycles. The fraction of sp³-hybridized carbons (Fsp3) is 0.750. The molecule has 0 radical (unpaired) electrons. The second kappa shape index (κ2) is 6.93. The summed E-state index contributed by atoms with van der Waals surface area (Å²) in [6, 6.07) is 0. The summed E-state index contributed by atoms with van der Waals surface area (Å²) in [5.41, 5.74) is 0. The third-order valence-electron chi connectivity index (χ3n) is 2.84. The summed E-state index contributed by atoms with van der Waals surface area (Å²) in [7, 11) is 0. The molecule has 0 spiro atoms. The molecule has 5 nitrogen and oxygen atoms in total. The van der Waals surface area contributed by atoms with E-state index in [2.05, 4.69) is 0 Å². The molecule has 0 amide bonds. The third-order valence-corrected chi connectivity index (χ3v) is 2.84. The Morgan fingerprint density at radius 1 is 0.933 bits per heavy atom. The van der Waals surface area contributed by atoms with Crippen LogP contribution in [0.15, 0.2) is 0 Å². The first-order valence-electron chi connectivity index (χ1n) is 4.22. The van der Waals surface area contributed by atoms with E-state index in [1.54, 1.807) is 0 Å². The van der Waals surface area contributed by atoms with Gasteiger partial charge in [0.2, 0.25) is 0 Å². The summed E-state index contributed by atoms with van der Waals surface area (Å²) in [6.07, 6.45) is 0.573. The van der Waals surface area contributed by atoms with Gasteiger partial charge in [-0.2, -0.15) is 0 Å². The number of carbonyl (C=O) groups is 2. The quantitative estimate of drug-likeness (QED) is 0.604. The summed E-state index contributed by atoms with van der Waals surface area (Å²) < 4.78 is 5.26. The zero-order valence-corrected chi connectivity index (χ0v) is 6.84. The van der Waals surface area contributed by atoms with Crippen LogP contribution in [-0.2, 0) is 14.3 Å². The maximum absolute atomic E-state index is 10.8. The van der Waals surface area contributed by atoms with Gasteiger partial charge in [0.05, 0.1) is 24.0 Å². The summed E-state index contributed by atoms with van der Waals surface area (Å²) in [5, 5.41) is 17.6. The molecule has 2 heterocycles. The van der Waals surface area contributed by atoms with Crippen molar-refractivity contribution in [3.05, 3.63) is 0 Å². The van der Waals surface area contributed by atoms with E-state index in [0.717, 1.165) is 0 Å². The molecule has 2 bridgehead atoms. The van der Waals surface area contributed by atoms with Crippen molar-refractivity contribution >= 4 is 115 Å². The Balaban J connectivity index is 0.000000980. The van der Waals surface area contributed by atoms with Gasteiger partial charge in [-0.1, -0.05) is 0 Å². The SMILES string of the molecule is O=C(O)C1C2CCC(O2)C1C(=O)O.[KH].[KH]. The number of fused-ring (bicyclic) bond motifs is 2. The minimum atomic E-state index is -1.06. The third kappa shape index (κ3) is 3.34. The molecular weight excluding hydrogens is 254 g/mol. The van der Waals surface area contributed by atoms with Crippen molar-refractivity contribution in [3.63, 3.8) is 0 Å². The molecule has 2 fully saturated rings. The van der Waals surface area contributed by atoms with Crippen LogP contribution in [0.2, 0.25) is 0 Å². The van der Waals surface area contributed by atoms with Gasteiger partial charge in [0.1, 0.15) is 0 Å². The van der Waals surface area contributed by atoms with E-state index in [1.807, 2.05) is 0 Å². The van der Waals surface area contributed by atoms with Crippen LogP contribution in [0.1, 0.15) is 12.8 Å². The second-order valence-corrected chi connectivity index (χ2v) is 3.52. The second-order valence-electron chi connectivity index (χ2n) is 3.52. The van der Waals surface area contributed by atoms with E-state index >= 15 is 0 Å². The molecule has 0 aliphatic carbocycles. The maximum atomic E-state index is 10.8. The molecule has 2 rings (SSSR count). The van der Waals surface area contributed by atoms with Crippen molar-refractivity contribution in [2.75, 3.05) is 0 Å². The molecule has 7 heteroatoms. The molecule has 2 saturated heterocycles. The van der Waals surface area contributed by atoms with Gasteiger partial charge >= 0.3 is 115 Å². The number of aliphatic carboxylic acids is 2. The van der Waals surface area contributed by atoms with Gasteiger partial charge in [-0.05, 0) is 12.8 Å². The first kappa shape index (κ1) is 17.2. The summed E-state index contributed by atoms with van der Waals surface area (Å²) >= 11 is 0. The van der Waals surface area contributed by atoms with Crippen LogP contribution in [0.3, 0.4) is 0 Å². The van der Waals surface area contributed by atoms with Gasteiger partial charge in [-0.15, -0.1) is 0 Å². The van der Waals surface area contributed by atoms with E-state index < -0.39 is 23.8 Å². The Labute approximate surface area is 172 Å². The minimum absolute atomic E-state index is 0. The van der Waals surface area contributed by atoms with Crippen molar-refractivity contribution in [1.29, 1.82) is 0 Å². The van der Waals surface area contributed by atoms with E-state index in [4.69, 9.17) is 14.9 Å². The molecule has 4 unspecified atom stereocenters. The molecule has 0 saturated carbocycles. The van der Waals surface area contributed by atoms with Crippen LogP contribution in [0.4, 0.5) is 0 Å². The van der Waals surface area contributed by atoms with E-state index in [-0.39, 0.29) is 115 Å². The van der Waals surface area contributed by atoms with Gasteiger partial charge in [0.15, 0.2) is 0 Å². The standard InChI is InChI=1S/C8H10O5.2K.2H/c9-7(10)5-3-1-2-4(13-3)6(5)8(11)12;;;;/h3-6H,1-2H2,(H,9,10)(H,11,12);;;;. The molecule has 2 aliphatic heterocycles. The fourth-order valence-corrected chi connectivity index (χ4v) is 2.31. The Morgan fingerprint density at radius 2 is 1.27 bits per heavy atom. The summed E-state index contributed by atoms with van der Waals surface area (Å²) in [5.74, 6) is -3.81. The van der Waals surface area contributed by atoms with Crippen molar-refractivity contribution < 1.29 is 24.5 Å². The van der Waals surface area contributed by atoms with Crippen LogP contribution in [0.25, 0.3) is 0 Å². The van der Waals surface area contributed by atoms with Gasteiger partial charge in [0.25, 0.3) is 0 Å². The van der Waals surface area contributed by atoms with Gasteiger partial charge < -0.3 is 14.9 Å². The van der Waals surface area contributed by atoms with E-state index in [0.29, 0.717) is 12.8 Å². The van der Waals surface area contributed by atoms with Crippen molar-refractivity contribution in [1.82, 2.24) is 0 Å². The molecule has 0 aromatic rings. The monoisotopic (exact) mass is 266 g/mol. The Hall–Kier alpha value is 2.17. The van der Waals surface area contributed by atoms with Gasteiger partial charge in [-0.25, -0.2) is 0 Å². The Bertz CT molecular complexity index is 244. The summed E-state index contributed by atoms with van der Waals surface area (Å²) in [6.45, 7) is 0. The van der Waals surface area contributed by atoms with Crippen molar-refractivity contribution in [2.45, 2.75) is 25.0 Å². The van der Waals surface area contributed by atoms with Gasteiger partial charge in [-0.3, -0.25) is 9.59 Å². The molecule has 76 valence electrons. The van der Waals surface area contributed by atoms with E-state index in [1.165, 1.54) is 0 Å². The van der Waals surface area contributed by atoms with Crippen LogP contribution >= 0.6 is 0 Å². The topological polar surface area (TPSA) is 83.8 Å². The number of carboxylic acid groups (broad SMARTS) is 2. The average Bonchev–Trinajstić information content (AvgIpc) is 2.60. The first-order valence-corrected chi connectivity index (χ1v) is 4.22. The fourth-order valence-electron chi connectivity index (χ4n) is 2.31. The molecule has 15 heavy (non-hydrogen) atoms. The van der Waals surface area contributed by atoms with Crippen molar-refractivity contribution in [3.8, 4) is 0 Å². The zero-order valence-electron chi connectivity index (χ0n) is 6.84. The van der Waals surface area contributed by atoms with Gasteiger partial charge in [0, 0.05) is 0 Å². The predicted molar refractivity (Wildman–Crippen MR) is 54.4 cm³/mol. The van der Waals surface area contributed by atoms with Crippen LogP contribution in [0.5, 0.6) is 0 Å².